The third-order valence-corrected chi connectivity index (χ3v) is 7.72. The van der Waals surface area contributed by atoms with Crippen LogP contribution in [0.15, 0.2) is 18.2 Å². The Balaban J connectivity index is 0.00000256. The van der Waals surface area contributed by atoms with Gasteiger partial charge in [0, 0.05) is 13.2 Å². The number of hydrogen-bond donors (Lipinski definition) is 3. The van der Waals surface area contributed by atoms with Gasteiger partial charge in [-0.05, 0) is 112 Å². The van der Waals surface area contributed by atoms with Crippen LogP contribution in [0.5, 0.6) is 0 Å². The largest absolute Gasteiger partial charge is 0.396 e. The molecule has 4 aliphatic rings. The normalized spacial score (nSPS) is 28.9. The molecule has 168 valence electrons. The molecule has 6 heteroatoms. The van der Waals surface area contributed by atoms with Gasteiger partial charge in [-0.1, -0.05) is 17.7 Å². The van der Waals surface area contributed by atoms with E-state index in [9.17, 15) is 4.79 Å². The van der Waals surface area contributed by atoms with Crippen molar-refractivity contribution in [3.05, 3.63) is 34.3 Å². The third kappa shape index (κ3) is 5.70. The summed E-state index contributed by atoms with van der Waals surface area (Å²) in [6.45, 7) is 2.79. The molecule has 1 aromatic carbocycles. The van der Waals surface area contributed by atoms with Gasteiger partial charge in [-0.15, -0.1) is 12.4 Å². The molecule has 0 saturated heterocycles. The van der Waals surface area contributed by atoms with Gasteiger partial charge in [0.25, 0.3) is 5.91 Å². The van der Waals surface area contributed by atoms with E-state index >= 15 is 0 Å². The van der Waals surface area contributed by atoms with Crippen LogP contribution in [0.4, 0.5) is 0 Å². The molecule has 0 aliphatic heterocycles. The highest BCUT2D eigenvalue weighted by Crippen LogP contribution is 2.59. The summed E-state index contributed by atoms with van der Waals surface area (Å²) in [6, 6.07) is 5.84. The molecule has 0 atom stereocenters. The van der Waals surface area contributed by atoms with E-state index in [1.54, 1.807) is 0 Å². The van der Waals surface area contributed by atoms with E-state index in [0.717, 1.165) is 62.2 Å². The molecule has 4 nitrogen and oxygen atoms in total. The second kappa shape index (κ2) is 10.7. The van der Waals surface area contributed by atoms with Gasteiger partial charge in [-0.25, -0.2) is 0 Å². The maximum atomic E-state index is 12.9. The number of aliphatic hydroxyl groups excluding tert-OH is 1. The molecule has 0 heterocycles. The lowest BCUT2D eigenvalue weighted by Crippen LogP contribution is -2.51. The smallest absolute Gasteiger partial charge is 0.252 e. The van der Waals surface area contributed by atoms with Crippen molar-refractivity contribution in [1.82, 2.24) is 10.6 Å². The lowest BCUT2D eigenvalue weighted by molar-refractivity contribution is -0.0503. The lowest BCUT2D eigenvalue weighted by atomic mass is 9.49. The van der Waals surface area contributed by atoms with Crippen LogP contribution in [0, 0.1) is 23.2 Å². The predicted molar refractivity (Wildman–Crippen MR) is 125 cm³/mol. The van der Waals surface area contributed by atoms with Crippen molar-refractivity contribution in [2.45, 2.75) is 57.8 Å². The zero-order valence-electron chi connectivity index (χ0n) is 17.8. The predicted octanol–water partition coefficient (Wildman–Crippen LogP) is 4.61. The van der Waals surface area contributed by atoms with Gasteiger partial charge < -0.3 is 15.7 Å². The molecule has 1 amide bonds. The summed E-state index contributed by atoms with van der Waals surface area (Å²) in [5.41, 5.74) is 2.11. The first kappa shape index (κ1) is 23.8. The average molecular weight is 455 g/mol. The lowest BCUT2D eigenvalue weighted by Gasteiger charge is -2.56. The quantitative estimate of drug-likeness (QED) is 0.452. The number of rotatable bonds is 10. The molecule has 4 saturated carbocycles. The Morgan fingerprint density at radius 2 is 1.70 bits per heavy atom. The van der Waals surface area contributed by atoms with Crippen LogP contribution in [0.3, 0.4) is 0 Å². The molecule has 0 aromatic heterocycles. The molecule has 30 heavy (non-hydrogen) atoms. The molecule has 3 N–H and O–H groups in total. The van der Waals surface area contributed by atoms with Crippen molar-refractivity contribution in [1.29, 1.82) is 0 Å². The highest BCUT2D eigenvalue weighted by molar-refractivity contribution is 6.33. The Bertz CT molecular complexity index is 690. The number of aryl methyl sites for hydroxylation is 1. The number of aliphatic hydroxyl groups is 1. The minimum absolute atomic E-state index is 0. The molecule has 0 unspecified atom stereocenters. The first-order valence-electron chi connectivity index (χ1n) is 11.5. The number of hydrogen-bond acceptors (Lipinski definition) is 3. The van der Waals surface area contributed by atoms with Gasteiger partial charge in [0.2, 0.25) is 0 Å². The van der Waals surface area contributed by atoms with Crippen LogP contribution in [-0.2, 0) is 6.42 Å². The Labute approximate surface area is 191 Å². The summed E-state index contributed by atoms with van der Waals surface area (Å²) in [6.07, 6.45) is 10.9. The van der Waals surface area contributed by atoms with E-state index in [4.69, 9.17) is 16.7 Å². The SMILES string of the molecule is Cl.O=C(NCC12CC3CC(CC(C3)C1)C2)c1cc(CCCNCCCO)ccc1Cl. The summed E-state index contributed by atoms with van der Waals surface area (Å²) in [5, 5.41) is 15.9. The maximum absolute atomic E-state index is 12.9. The number of halogens is 2. The van der Waals surface area contributed by atoms with Gasteiger partial charge in [0.1, 0.15) is 0 Å². The highest BCUT2D eigenvalue weighted by Gasteiger charge is 2.50. The van der Waals surface area contributed by atoms with Crippen LogP contribution in [0.25, 0.3) is 0 Å². The maximum Gasteiger partial charge on any atom is 0.252 e. The minimum Gasteiger partial charge on any atom is -0.396 e. The summed E-state index contributed by atoms with van der Waals surface area (Å²) in [7, 11) is 0. The number of benzene rings is 1. The first-order chi connectivity index (χ1) is 14.1. The van der Waals surface area contributed by atoms with Gasteiger partial charge in [-0.3, -0.25) is 4.79 Å². The van der Waals surface area contributed by atoms with E-state index in [-0.39, 0.29) is 24.9 Å². The van der Waals surface area contributed by atoms with Crippen LogP contribution in [0.2, 0.25) is 5.02 Å². The van der Waals surface area contributed by atoms with Crippen molar-refractivity contribution in [2.75, 3.05) is 26.2 Å². The van der Waals surface area contributed by atoms with Crippen molar-refractivity contribution in [3.8, 4) is 0 Å². The zero-order chi connectivity index (χ0) is 20.3. The van der Waals surface area contributed by atoms with Crippen molar-refractivity contribution in [2.24, 2.45) is 23.2 Å². The molecule has 0 radical (unpaired) electrons. The monoisotopic (exact) mass is 454 g/mol. The van der Waals surface area contributed by atoms with Crippen LogP contribution in [-0.4, -0.2) is 37.3 Å². The van der Waals surface area contributed by atoms with Crippen LogP contribution >= 0.6 is 24.0 Å². The first-order valence-corrected chi connectivity index (χ1v) is 11.8. The Kier molecular flexibility index (Phi) is 8.48. The van der Waals surface area contributed by atoms with Gasteiger partial charge in [0.05, 0.1) is 10.6 Å². The van der Waals surface area contributed by atoms with Crippen molar-refractivity contribution >= 4 is 29.9 Å². The van der Waals surface area contributed by atoms with Crippen LogP contribution < -0.4 is 10.6 Å². The zero-order valence-corrected chi connectivity index (χ0v) is 19.4. The molecule has 4 aliphatic carbocycles. The fraction of sp³-hybridized carbons (Fsp3) is 0.708. The average Bonchev–Trinajstić information content (AvgIpc) is 2.69. The molecule has 4 fully saturated rings. The molecule has 4 bridgehead atoms. The molecular formula is C24H36Cl2N2O2. The van der Waals surface area contributed by atoms with E-state index < -0.39 is 0 Å². The summed E-state index contributed by atoms with van der Waals surface area (Å²) in [4.78, 5) is 12.9. The molecule has 0 spiro atoms. The Morgan fingerprint density at radius 3 is 2.33 bits per heavy atom. The summed E-state index contributed by atoms with van der Waals surface area (Å²) >= 11 is 6.37. The standard InChI is InChI=1S/C24H35ClN2O2.ClH/c25-22-5-4-17(3-1-6-26-7-2-8-28)12-21(22)23(29)27-16-24-13-18-9-19(14-24)11-20(10-18)15-24;/h4-5,12,18-20,26,28H,1-3,6-11,13-16H2,(H,27,29);1H. The van der Waals surface area contributed by atoms with E-state index in [2.05, 4.69) is 10.6 Å². The second-order valence-electron chi connectivity index (χ2n) is 9.85. The minimum atomic E-state index is -0.0198. The number of nitrogens with one attached hydrogen (secondary N) is 2. The van der Waals surface area contributed by atoms with E-state index in [1.807, 2.05) is 18.2 Å². The topological polar surface area (TPSA) is 61.4 Å². The molecule has 5 rings (SSSR count). The van der Waals surface area contributed by atoms with Gasteiger partial charge >= 0.3 is 0 Å². The van der Waals surface area contributed by atoms with Gasteiger partial charge in [-0.2, -0.15) is 0 Å². The van der Waals surface area contributed by atoms with Gasteiger partial charge in [0.15, 0.2) is 0 Å². The van der Waals surface area contributed by atoms with Crippen LogP contribution in [0.1, 0.15) is 67.3 Å². The number of amides is 1. The summed E-state index contributed by atoms with van der Waals surface area (Å²) < 4.78 is 0. The summed E-state index contributed by atoms with van der Waals surface area (Å²) in [5.74, 6) is 2.68. The highest BCUT2D eigenvalue weighted by atomic mass is 35.5. The fourth-order valence-electron chi connectivity index (χ4n) is 6.52. The number of carbonyl (C=O) groups excluding carboxylic acids is 1. The molecule has 1 aromatic rings. The van der Waals surface area contributed by atoms with Crippen molar-refractivity contribution in [3.63, 3.8) is 0 Å². The van der Waals surface area contributed by atoms with Crippen molar-refractivity contribution < 1.29 is 9.90 Å². The fourth-order valence-corrected chi connectivity index (χ4v) is 6.72. The molecular weight excluding hydrogens is 419 g/mol. The van der Waals surface area contributed by atoms with E-state index in [0.29, 0.717) is 16.0 Å². The Morgan fingerprint density at radius 1 is 1.07 bits per heavy atom. The second-order valence-corrected chi connectivity index (χ2v) is 10.3. The third-order valence-electron chi connectivity index (χ3n) is 7.40. The Hall–Kier alpha value is -0.810. The van der Waals surface area contributed by atoms with E-state index in [1.165, 1.54) is 38.5 Å². The number of carbonyl (C=O) groups is 1.